The van der Waals surface area contributed by atoms with Crippen LogP contribution >= 0.6 is 23.5 Å². The van der Waals surface area contributed by atoms with Gasteiger partial charge in [0, 0.05) is 0 Å². The van der Waals surface area contributed by atoms with Gasteiger partial charge in [0.05, 0.1) is 0 Å². The quantitative estimate of drug-likeness (QED) is 0.533. The van der Waals surface area contributed by atoms with Crippen LogP contribution in [0.2, 0.25) is 0 Å². The zero-order valence-electron chi connectivity index (χ0n) is 3.85. The van der Waals surface area contributed by atoms with Gasteiger partial charge in [0.25, 0.3) is 0 Å². The molecule has 0 spiro atoms. The summed E-state index contributed by atoms with van der Waals surface area (Å²) in [7, 11) is 0. The average Bonchev–Trinajstić information content (AvgIpc) is 1.69. The first-order valence-corrected chi connectivity index (χ1v) is 5.02. The molecule has 1 rings (SSSR count). The van der Waals surface area contributed by atoms with E-state index in [2.05, 4.69) is 15.6 Å². The van der Waals surface area contributed by atoms with Crippen LogP contribution in [0.5, 0.6) is 0 Å². The topological polar surface area (TPSA) is 0 Å². The summed E-state index contributed by atoms with van der Waals surface area (Å²) >= 11 is 6.91. The van der Waals surface area contributed by atoms with Crippen LogP contribution in [0.15, 0.2) is 0 Å². The molecule has 7 heavy (non-hydrogen) atoms. The molecule has 0 N–H and O–H groups in total. The Labute approximate surface area is 60.2 Å². The van der Waals surface area contributed by atoms with Crippen LogP contribution in [-0.2, 0) is 0 Å². The van der Waals surface area contributed by atoms with Crippen LogP contribution < -0.4 is 0 Å². The molecule has 3 heteroatoms. The first kappa shape index (κ1) is 6.21. The summed E-state index contributed by atoms with van der Waals surface area (Å²) in [5.74, 6) is 2.63. The molecule has 1 fully saturated rings. The van der Waals surface area contributed by atoms with Gasteiger partial charge in [-0.3, -0.25) is 0 Å². The monoisotopic (exact) mass is 198 g/mol. The van der Waals surface area contributed by atoms with Crippen molar-refractivity contribution in [1.29, 1.82) is 0 Å². The van der Waals surface area contributed by atoms with Crippen LogP contribution in [0.3, 0.4) is 0 Å². The fourth-order valence-corrected chi connectivity index (χ4v) is 3.39. The molecule has 0 aromatic carbocycles. The first-order valence-electron chi connectivity index (χ1n) is 2.19. The van der Waals surface area contributed by atoms with Crippen molar-refractivity contribution in [2.24, 2.45) is 0 Å². The second-order valence-electron chi connectivity index (χ2n) is 1.30. The Morgan fingerprint density at radius 2 is 1.86 bits per heavy atom. The normalized spacial score (nSPS) is 22.6. The molecular weight excluding hydrogens is 191 g/mol. The maximum absolute atomic E-state index is 3.02. The molecule has 0 atom stereocenters. The van der Waals surface area contributed by atoms with Crippen LogP contribution in [0.4, 0.5) is 0 Å². The van der Waals surface area contributed by atoms with Gasteiger partial charge < -0.3 is 0 Å². The number of hydrogen-bond donors (Lipinski definition) is 0. The fraction of sp³-hybridized carbons (Fsp3) is 0.750. The van der Waals surface area contributed by atoms with E-state index >= 15 is 0 Å². The summed E-state index contributed by atoms with van der Waals surface area (Å²) < 4.78 is 1.42. The molecular formula is C4H6S2Se. The van der Waals surface area contributed by atoms with E-state index in [1.807, 2.05) is 23.5 Å². The van der Waals surface area contributed by atoms with Gasteiger partial charge in [0.2, 0.25) is 0 Å². The molecule has 1 heterocycles. The second-order valence-corrected chi connectivity index (χ2v) is 5.79. The zero-order valence-corrected chi connectivity index (χ0v) is 7.19. The van der Waals surface area contributed by atoms with Crippen molar-refractivity contribution in [3.8, 4) is 0 Å². The Bertz CT molecular complexity index is 73.8. The standard InChI is InChI=1S/C4H6S2Se/c7-4-5-2-1-3-6-4/h1-3H2. The van der Waals surface area contributed by atoms with Crippen LogP contribution in [0.1, 0.15) is 6.42 Å². The summed E-state index contributed by atoms with van der Waals surface area (Å²) in [6.07, 6.45) is 1.38. The number of thioether (sulfide) groups is 2. The van der Waals surface area contributed by atoms with E-state index in [-0.39, 0.29) is 0 Å². The zero-order chi connectivity index (χ0) is 5.11. The van der Waals surface area contributed by atoms with Gasteiger partial charge in [-0.15, -0.1) is 0 Å². The predicted octanol–water partition coefficient (Wildman–Crippen LogP) is 1.11. The van der Waals surface area contributed by atoms with E-state index in [0.717, 1.165) is 0 Å². The third-order valence-corrected chi connectivity index (χ3v) is 4.38. The van der Waals surface area contributed by atoms with Gasteiger partial charge in [0.1, 0.15) is 0 Å². The van der Waals surface area contributed by atoms with Gasteiger partial charge >= 0.3 is 60.1 Å². The fourth-order valence-electron chi connectivity index (χ4n) is 0.412. The van der Waals surface area contributed by atoms with Crippen molar-refractivity contribution in [3.05, 3.63) is 0 Å². The van der Waals surface area contributed by atoms with E-state index < -0.39 is 0 Å². The molecule has 1 aliphatic heterocycles. The third-order valence-electron chi connectivity index (χ3n) is 0.729. The van der Waals surface area contributed by atoms with Crippen molar-refractivity contribution in [1.82, 2.24) is 0 Å². The average molecular weight is 197 g/mol. The van der Waals surface area contributed by atoms with Crippen LogP contribution in [-0.4, -0.2) is 30.2 Å². The Balaban J connectivity index is 2.25. The third kappa shape index (κ3) is 2.22. The SMILES string of the molecule is [Se]=C1SCCCS1. The number of rotatable bonds is 0. The second kappa shape index (κ2) is 3.18. The summed E-state index contributed by atoms with van der Waals surface area (Å²) in [5, 5.41) is 0. The Hall–Kier alpha value is 1.09. The minimum atomic E-state index is 1.31. The van der Waals surface area contributed by atoms with E-state index in [1.165, 1.54) is 21.0 Å². The summed E-state index contributed by atoms with van der Waals surface area (Å²) in [6, 6.07) is 0. The molecule has 0 unspecified atom stereocenters. The molecule has 0 radical (unpaired) electrons. The number of hydrogen-bond acceptors (Lipinski definition) is 2. The molecule has 1 saturated heterocycles. The van der Waals surface area contributed by atoms with Crippen molar-refractivity contribution in [2.75, 3.05) is 11.5 Å². The van der Waals surface area contributed by atoms with E-state index in [9.17, 15) is 0 Å². The minimum absolute atomic E-state index is 1.31. The van der Waals surface area contributed by atoms with Gasteiger partial charge in [0.15, 0.2) is 0 Å². The first-order chi connectivity index (χ1) is 3.39. The summed E-state index contributed by atoms with van der Waals surface area (Å²) in [4.78, 5) is 0. The van der Waals surface area contributed by atoms with Gasteiger partial charge in [-0.2, -0.15) is 0 Å². The molecule has 0 saturated carbocycles. The van der Waals surface area contributed by atoms with Crippen LogP contribution in [0.25, 0.3) is 0 Å². The van der Waals surface area contributed by atoms with Crippen LogP contribution in [0, 0.1) is 0 Å². The molecule has 0 aromatic rings. The van der Waals surface area contributed by atoms with E-state index in [0.29, 0.717) is 0 Å². The van der Waals surface area contributed by atoms with Crippen molar-refractivity contribution < 1.29 is 0 Å². The molecule has 40 valence electrons. The maximum atomic E-state index is 3.02. The summed E-state index contributed by atoms with van der Waals surface area (Å²) in [5.41, 5.74) is 0. The Morgan fingerprint density at radius 1 is 1.29 bits per heavy atom. The Kier molecular flexibility index (Phi) is 2.82. The van der Waals surface area contributed by atoms with Crippen molar-refractivity contribution in [3.63, 3.8) is 0 Å². The Morgan fingerprint density at radius 3 is 2.14 bits per heavy atom. The molecule has 0 aromatic heterocycles. The van der Waals surface area contributed by atoms with E-state index in [4.69, 9.17) is 0 Å². The molecule has 0 amide bonds. The van der Waals surface area contributed by atoms with E-state index in [1.54, 1.807) is 0 Å². The summed E-state index contributed by atoms with van der Waals surface area (Å²) in [6.45, 7) is 0. The molecule has 1 aliphatic rings. The van der Waals surface area contributed by atoms with Gasteiger partial charge in [-0.1, -0.05) is 0 Å². The molecule has 0 aliphatic carbocycles. The van der Waals surface area contributed by atoms with Crippen molar-refractivity contribution in [2.45, 2.75) is 6.42 Å². The molecule has 0 bridgehead atoms. The van der Waals surface area contributed by atoms with Crippen molar-refractivity contribution >= 4 is 42.2 Å². The predicted molar refractivity (Wildman–Crippen MR) is 40.3 cm³/mol. The molecule has 0 nitrogen and oxygen atoms in total. The van der Waals surface area contributed by atoms with Gasteiger partial charge in [-0.05, 0) is 0 Å². The van der Waals surface area contributed by atoms with Gasteiger partial charge in [-0.25, -0.2) is 0 Å².